The SMILES string of the molecule is CN1Cc2sc(Cl)cc2[C@@H](c2ccc(Cl)cc2)C1. The van der Waals surface area contributed by atoms with Crippen molar-refractivity contribution in [2.75, 3.05) is 13.6 Å². The first kappa shape index (κ1) is 12.5. The number of nitrogens with zero attached hydrogens (tertiary/aromatic N) is 1. The number of likely N-dealkylation sites (N-methyl/N-ethyl adjacent to an activating group) is 1. The summed E-state index contributed by atoms with van der Waals surface area (Å²) in [5, 5.41) is 0.784. The van der Waals surface area contributed by atoms with Crippen LogP contribution in [0.1, 0.15) is 21.9 Å². The van der Waals surface area contributed by atoms with Gasteiger partial charge >= 0.3 is 0 Å². The Bertz CT molecular complexity index is 562. The molecule has 18 heavy (non-hydrogen) atoms. The van der Waals surface area contributed by atoms with Crippen LogP contribution in [0.5, 0.6) is 0 Å². The van der Waals surface area contributed by atoms with Crippen molar-refractivity contribution in [1.82, 2.24) is 4.90 Å². The highest BCUT2D eigenvalue weighted by molar-refractivity contribution is 7.16. The van der Waals surface area contributed by atoms with E-state index in [0.717, 1.165) is 22.4 Å². The van der Waals surface area contributed by atoms with Crippen molar-refractivity contribution < 1.29 is 0 Å². The molecule has 1 aromatic carbocycles. The zero-order chi connectivity index (χ0) is 12.7. The number of halogens is 2. The third-order valence-electron chi connectivity index (χ3n) is 3.37. The fourth-order valence-corrected chi connectivity index (χ4v) is 4.08. The molecule has 0 amide bonds. The first-order valence-corrected chi connectivity index (χ1v) is 7.43. The summed E-state index contributed by atoms with van der Waals surface area (Å²) in [6, 6.07) is 10.3. The van der Waals surface area contributed by atoms with Gasteiger partial charge in [-0.15, -0.1) is 11.3 Å². The van der Waals surface area contributed by atoms with E-state index in [4.69, 9.17) is 23.2 Å². The molecular formula is C14H13Cl2NS. The lowest BCUT2D eigenvalue weighted by Gasteiger charge is -2.30. The molecule has 1 nitrogen and oxygen atoms in total. The topological polar surface area (TPSA) is 3.24 Å². The van der Waals surface area contributed by atoms with Crippen LogP contribution >= 0.6 is 34.5 Å². The Morgan fingerprint density at radius 3 is 2.67 bits per heavy atom. The average Bonchev–Trinajstić information content (AvgIpc) is 2.69. The second-order valence-electron chi connectivity index (χ2n) is 4.73. The van der Waals surface area contributed by atoms with Crippen molar-refractivity contribution in [3.05, 3.63) is 55.7 Å². The second kappa shape index (κ2) is 4.86. The van der Waals surface area contributed by atoms with Gasteiger partial charge in [0.2, 0.25) is 0 Å². The van der Waals surface area contributed by atoms with Crippen molar-refractivity contribution in [3.63, 3.8) is 0 Å². The molecule has 94 valence electrons. The third-order valence-corrected chi connectivity index (χ3v) is 4.88. The van der Waals surface area contributed by atoms with E-state index >= 15 is 0 Å². The Kier molecular flexibility index (Phi) is 3.37. The maximum atomic E-state index is 6.16. The highest BCUT2D eigenvalue weighted by Gasteiger charge is 2.26. The lowest BCUT2D eigenvalue weighted by atomic mass is 9.89. The Morgan fingerprint density at radius 2 is 1.94 bits per heavy atom. The summed E-state index contributed by atoms with van der Waals surface area (Å²) in [6.45, 7) is 2.03. The zero-order valence-electron chi connectivity index (χ0n) is 9.99. The Morgan fingerprint density at radius 1 is 1.22 bits per heavy atom. The van der Waals surface area contributed by atoms with Crippen LogP contribution in [0.25, 0.3) is 0 Å². The quantitative estimate of drug-likeness (QED) is 0.742. The molecule has 0 aliphatic carbocycles. The van der Waals surface area contributed by atoms with Crippen LogP contribution in [-0.2, 0) is 6.54 Å². The molecule has 0 fully saturated rings. The monoisotopic (exact) mass is 297 g/mol. The van der Waals surface area contributed by atoms with Gasteiger partial charge in [0.05, 0.1) is 4.34 Å². The minimum atomic E-state index is 0.403. The van der Waals surface area contributed by atoms with Gasteiger partial charge in [0.15, 0.2) is 0 Å². The maximum absolute atomic E-state index is 6.16. The van der Waals surface area contributed by atoms with Gasteiger partial charge < -0.3 is 4.90 Å². The second-order valence-corrected chi connectivity index (χ2v) is 6.93. The zero-order valence-corrected chi connectivity index (χ0v) is 12.3. The summed E-state index contributed by atoms with van der Waals surface area (Å²) < 4.78 is 0.884. The van der Waals surface area contributed by atoms with Crippen LogP contribution < -0.4 is 0 Å². The largest absolute Gasteiger partial charge is 0.300 e. The number of hydrogen-bond donors (Lipinski definition) is 0. The molecule has 2 aromatic rings. The van der Waals surface area contributed by atoms with Gasteiger partial charge in [0.1, 0.15) is 0 Å². The van der Waals surface area contributed by atoms with Gasteiger partial charge in [-0.05, 0) is 36.4 Å². The smallest absolute Gasteiger partial charge is 0.0934 e. The number of fused-ring (bicyclic) bond motifs is 1. The van der Waals surface area contributed by atoms with E-state index < -0.39 is 0 Å². The van der Waals surface area contributed by atoms with E-state index in [2.05, 4.69) is 30.1 Å². The molecule has 0 N–H and O–H groups in total. The highest BCUT2D eigenvalue weighted by Crippen LogP contribution is 2.39. The van der Waals surface area contributed by atoms with E-state index in [9.17, 15) is 0 Å². The van der Waals surface area contributed by atoms with Gasteiger partial charge in [0.25, 0.3) is 0 Å². The van der Waals surface area contributed by atoms with Crippen LogP contribution in [0.2, 0.25) is 9.36 Å². The molecular weight excluding hydrogens is 285 g/mol. The Labute approximate surface area is 121 Å². The predicted octanol–water partition coefficient (Wildman–Crippen LogP) is 4.63. The molecule has 4 heteroatoms. The molecule has 2 heterocycles. The number of rotatable bonds is 1. The normalized spacial score (nSPS) is 19.8. The minimum Gasteiger partial charge on any atom is -0.300 e. The summed E-state index contributed by atoms with van der Waals surface area (Å²) in [6.07, 6.45) is 0. The van der Waals surface area contributed by atoms with Crippen LogP contribution in [0, 0.1) is 0 Å². The van der Waals surface area contributed by atoms with Crippen LogP contribution in [0.3, 0.4) is 0 Å². The molecule has 0 bridgehead atoms. The predicted molar refractivity (Wildman–Crippen MR) is 79.0 cm³/mol. The van der Waals surface area contributed by atoms with E-state index in [1.54, 1.807) is 11.3 Å². The number of benzene rings is 1. The van der Waals surface area contributed by atoms with Crippen LogP contribution in [0.4, 0.5) is 0 Å². The molecule has 1 atom stereocenters. The van der Waals surface area contributed by atoms with Gasteiger partial charge in [-0.3, -0.25) is 0 Å². The van der Waals surface area contributed by atoms with E-state index in [1.165, 1.54) is 16.0 Å². The lowest BCUT2D eigenvalue weighted by molar-refractivity contribution is 0.299. The first-order chi connectivity index (χ1) is 8.63. The fraction of sp³-hybridized carbons (Fsp3) is 0.286. The number of thiophene rings is 1. The minimum absolute atomic E-state index is 0.403. The van der Waals surface area contributed by atoms with Crippen molar-refractivity contribution in [2.24, 2.45) is 0 Å². The molecule has 1 aromatic heterocycles. The van der Waals surface area contributed by atoms with Gasteiger partial charge in [-0.2, -0.15) is 0 Å². The molecule has 0 saturated carbocycles. The molecule has 3 rings (SSSR count). The van der Waals surface area contributed by atoms with Crippen LogP contribution in [-0.4, -0.2) is 18.5 Å². The summed E-state index contributed by atoms with van der Waals surface area (Å²) >= 11 is 13.8. The summed E-state index contributed by atoms with van der Waals surface area (Å²) in [7, 11) is 2.15. The first-order valence-electron chi connectivity index (χ1n) is 5.85. The third kappa shape index (κ3) is 2.30. The molecule has 0 saturated heterocycles. The van der Waals surface area contributed by atoms with Gasteiger partial charge in [-0.1, -0.05) is 35.3 Å². The summed E-state index contributed by atoms with van der Waals surface area (Å²) in [4.78, 5) is 3.72. The summed E-state index contributed by atoms with van der Waals surface area (Å²) in [5.74, 6) is 0.403. The Hall–Kier alpha value is -0.540. The van der Waals surface area contributed by atoms with Gasteiger partial charge in [-0.25, -0.2) is 0 Å². The molecule has 0 spiro atoms. The van der Waals surface area contributed by atoms with E-state index in [-0.39, 0.29) is 0 Å². The standard InChI is InChI=1S/C14H13Cl2NS/c1-17-7-12(9-2-4-10(15)5-3-9)11-6-14(16)18-13(11)8-17/h2-6,12H,7-8H2,1H3/t12-/m1/s1. The maximum Gasteiger partial charge on any atom is 0.0934 e. The van der Waals surface area contributed by atoms with Gasteiger partial charge in [0, 0.05) is 28.9 Å². The molecule has 0 radical (unpaired) electrons. The van der Waals surface area contributed by atoms with Crippen molar-refractivity contribution in [3.8, 4) is 0 Å². The summed E-state index contributed by atoms with van der Waals surface area (Å²) in [5.41, 5.74) is 2.69. The van der Waals surface area contributed by atoms with Crippen molar-refractivity contribution >= 4 is 34.5 Å². The molecule has 1 aliphatic heterocycles. The lowest BCUT2D eigenvalue weighted by Crippen LogP contribution is -2.29. The Balaban J connectivity index is 2.04. The van der Waals surface area contributed by atoms with Crippen molar-refractivity contribution in [1.29, 1.82) is 0 Å². The van der Waals surface area contributed by atoms with E-state index in [0.29, 0.717) is 5.92 Å². The highest BCUT2D eigenvalue weighted by atomic mass is 35.5. The van der Waals surface area contributed by atoms with Crippen molar-refractivity contribution in [2.45, 2.75) is 12.5 Å². The number of hydrogen-bond acceptors (Lipinski definition) is 2. The van der Waals surface area contributed by atoms with Crippen LogP contribution in [0.15, 0.2) is 30.3 Å². The molecule has 1 aliphatic rings. The average molecular weight is 298 g/mol. The fourth-order valence-electron chi connectivity index (χ4n) is 2.53. The van der Waals surface area contributed by atoms with E-state index in [1.807, 2.05) is 12.1 Å². The molecule has 0 unspecified atom stereocenters.